The number of amides is 1. The van der Waals surface area contributed by atoms with E-state index in [4.69, 9.17) is 9.47 Å². The van der Waals surface area contributed by atoms with Crippen molar-refractivity contribution in [1.29, 1.82) is 0 Å². The van der Waals surface area contributed by atoms with Gasteiger partial charge in [0.25, 0.3) is 5.91 Å². The molecular weight excluding hydrogens is 575 g/mol. The van der Waals surface area contributed by atoms with Crippen LogP contribution >= 0.6 is 38.5 Å². The third-order valence-corrected chi connectivity index (χ3v) is 5.63. The van der Waals surface area contributed by atoms with Crippen LogP contribution in [0.2, 0.25) is 0 Å². The number of benzene rings is 3. The number of aliphatic hydroxyl groups excluding tert-OH is 1. The van der Waals surface area contributed by atoms with Gasteiger partial charge in [0.1, 0.15) is 6.61 Å². The van der Waals surface area contributed by atoms with Crippen molar-refractivity contribution in [2.75, 3.05) is 7.11 Å². The summed E-state index contributed by atoms with van der Waals surface area (Å²) in [4.78, 5) is 12.1. The summed E-state index contributed by atoms with van der Waals surface area (Å²) in [6.07, 6.45) is 0.195. The fraction of sp³-hybridized carbons (Fsp3) is 0.130. The second-order valence-corrected chi connectivity index (χ2v) is 8.57. The predicted octanol–water partition coefficient (Wildman–Crippen LogP) is 4.83. The van der Waals surface area contributed by atoms with Crippen molar-refractivity contribution in [3.63, 3.8) is 0 Å². The topological polar surface area (TPSA) is 80.2 Å². The van der Waals surface area contributed by atoms with Crippen molar-refractivity contribution in [3.8, 4) is 11.5 Å². The van der Waals surface area contributed by atoms with Crippen LogP contribution in [0.4, 0.5) is 0 Å². The monoisotopic (exact) mass is 594 g/mol. The van der Waals surface area contributed by atoms with Gasteiger partial charge >= 0.3 is 0 Å². The molecule has 0 saturated carbocycles. The number of aliphatic hydroxyl groups is 1. The highest BCUT2D eigenvalue weighted by Crippen LogP contribution is 2.34. The number of nitrogens with one attached hydrogen (secondary N) is 1. The maximum absolute atomic E-state index is 12.1. The quantitative estimate of drug-likeness (QED) is 0.223. The van der Waals surface area contributed by atoms with E-state index in [0.29, 0.717) is 29.2 Å². The Morgan fingerprint density at radius 2 is 1.90 bits per heavy atom. The van der Waals surface area contributed by atoms with Crippen LogP contribution in [-0.2, 0) is 11.4 Å². The zero-order chi connectivity index (χ0) is 22.2. The molecule has 1 amide bonds. The minimum Gasteiger partial charge on any atom is -0.493 e. The first-order chi connectivity index (χ1) is 15.0. The summed E-state index contributed by atoms with van der Waals surface area (Å²) in [5.74, 6) is 0.575. The Morgan fingerprint density at radius 3 is 2.58 bits per heavy atom. The van der Waals surface area contributed by atoms with Crippen molar-refractivity contribution < 1.29 is 19.4 Å². The molecule has 3 aromatic rings. The van der Waals surface area contributed by atoms with Gasteiger partial charge < -0.3 is 14.6 Å². The molecule has 0 saturated heterocycles. The van der Waals surface area contributed by atoms with E-state index < -0.39 is 12.0 Å². The molecule has 6 nitrogen and oxygen atoms in total. The van der Waals surface area contributed by atoms with Crippen LogP contribution < -0.4 is 14.9 Å². The van der Waals surface area contributed by atoms with Gasteiger partial charge in [0.2, 0.25) is 0 Å². The Labute approximate surface area is 202 Å². The summed E-state index contributed by atoms with van der Waals surface area (Å²) in [5, 5.41) is 14.0. The molecule has 1 atom stereocenters. The summed E-state index contributed by atoms with van der Waals surface area (Å²) in [6.45, 7) is 0.403. The van der Waals surface area contributed by atoms with Gasteiger partial charge in [0, 0.05) is 4.47 Å². The summed E-state index contributed by atoms with van der Waals surface area (Å²) in [7, 11) is 1.57. The van der Waals surface area contributed by atoms with Crippen molar-refractivity contribution in [1.82, 2.24) is 5.43 Å². The Kier molecular flexibility index (Phi) is 8.44. The summed E-state index contributed by atoms with van der Waals surface area (Å²) in [6, 6.07) is 20.2. The molecule has 3 rings (SSSR count). The molecule has 0 heterocycles. The van der Waals surface area contributed by atoms with E-state index in [1.54, 1.807) is 37.4 Å². The van der Waals surface area contributed by atoms with Crippen molar-refractivity contribution in [2.24, 2.45) is 5.10 Å². The number of hydrogen-bond acceptors (Lipinski definition) is 5. The van der Waals surface area contributed by atoms with Gasteiger partial charge in [-0.25, -0.2) is 5.43 Å². The zero-order valence-corrected chi connectivity index (χ0v) is 20.3. The second-order valence-electron chi connectivity index (χ2n) is 6.50. The minimum atomic E-state index is -1.29. The third-order valence-electron chi connectivity index (χ3n) is 4.30. The minimum absolute atomic E-state index is 0.403. The highest BCUT2D eigenvalue weighted by Gasteiger charge is 2.16. The second kappa shape index (κ2) is 11.3. The van der Waals surface area contributed by atoms with E-state index in [0.717, 1.165) is 13.6 Å². The lowest BCUT2D eigenvalue weighted by atomic mass is 10.1. The Bertz CT molecular complexity index is 1060. The average Bonchev–Trinajstić information content (AvgIpc) is 2.79. The van der Waals surface area contributed by atoms with E-state index in [-0.39, 0.29) is 0 Å². The molecule has 0 aliphatic rings. The Hall–Kier alpha value is -2.43. The van der Waals surface area contributed by atoms with Crippen molar-refractivity contribution in [3.05, 3.63) is 91.5 Å². The number of hydrogen-bond donors (Lipinski definition) is 2. The molecule has 0 unspecified atom stereocenters. The third kappa shape index (κ3) is 6.52. The summed E-state index contributed by atoms with van der Waals surface area (Å²) in [5.41, 5.74) is 4.60. The molecule has 160 valence electrons. The first-order valence-electron chi connectivity index (χ1n) is 9.28. The number of nitrogens with zero attached hydrogens (tertiary/aromatic N) is 1. The normalized spacial score (nSPS) is 11.9. The first-order valence-corrected chi connectivity index (χ1v) is 11.2. The molecule has 31 heavy (non-hydrogen) atoms. The van der Waals surface area contributed by atoms with Crippen LogP contribution in [0.5, 0.6) is 11.5 Å². The van der Waals surface area contributed by atoms with Gasteiger partial charge in [-0.1, -0.05) is 58.4 Å². The zero-order valence-electron chi connectivity index (χ0n) is 16.6. The van der Waals surface area contributed by atoms with Gasteiger partial charge in [-0.05, 0) is 63.5 Å². The standard InChI is InChI=1S/C23H20BrIN2O4/c1-30-20-12-16(13-26-27-23(29)21(28)17-5-3-2-4-6-17)11-19(25)22(20)31-14-15-7-9-18(24)10-8-15/h2-13,21,28H,14H2,1H3,(H,27,29)/b26-13-/t21-/m1/s1. The van der Waals surface area contributed by atoms with Gasteiger partial charge in [0.05, 0.1) is 16.9 Å². The van der Waals surface area contributed by atoms with Gasteiger partial charge in [-0.15, -0.1) is 0 Å². The largest absolute Gasteiger partial charge is 0.493 e. The van der Waals surface area contributed by atoms with Gasteiger partial charge in [-0.3, -0.25) is 4.79 Å². The number of carbonyl (C=O) groups excluding carboxylic acids is 1. The molecule has 0 aliphatic carbocycles. The lowest BCUT2D eigenvalue weighted by Crippen LogP contribution is -2.25. The lowest BCUT2D eigenvalue weighted by Gasteiger charge is -2.14. The molecule has 0 spiro atoms. The maximum Gasteiger partial charge on any atom is 0.273 e. The van der Waals surface area contributed by atoms with Crippen LogP contribution in [0, 0.1) is 3.57 Å². The van der Waals surface area contributed by atoms with Crippen molar-refractivity contribution in [2.45, 2.75) is 12.7 Å². The van der Waals surface area contributed by atoms with Crippen LogP contribution in [-0.4, -0.2) is 24.3 Å². The number of halogens is 2. The molecule has 0 fully saturated rings. The lowest BCUT2D eigenvalue weighted by molar-refractivity contribution is -0.129. The van der Waals surface area contributed by atoms with E-state index in [1.807, 2.05) is 36.4 Å². The molecule has 0 aromatic heterocycles. The summed E-state index contributed by atoms with van der Waals surface area (Å²) >= 11 is 5.58. The first kappa shape index (κ1) is 23.2. The molecule has 2 N–H and O–H groups in total. The molecule has 0 aliphatic heterocycles. The Balaban J connectivity index is 1.66. The summed E-state index contributed by atoms with van der Waals surface area (Å²) < 4.78 is 13.3. The highest BCUT2D eigenvalue weighted by molar-refractivity contribution is 14.1. The van der Waals surface area contributed by atoms with Gasteiger partial charge in [0.15, 0.2) is 17.6 Å². The maximum atomic E-state index is 12.1. The smallest absolute Gasteiger partial charge is 0.273 e. The number of ether oxygens (including phenoxy) is 2. The fourth-order valence-electron chi connectivity index (χ4n) is 2.71. The highest BCUT2D eigenvalue weighted by atomic mass is 127. The number of rotatable bonds is 8. The van der Waals surface area contributed by atoms with Gasteiger partial charge in [-0.2, -0.15) is 5.10 Å². The SMILES string of the molecule is COc1cc(/C=N\NC(=O)[C@H](O)c2ccccc2)cc(I)c1OCc1ccc(Br)cc1. The molecular formula is C23H20BrIN2O4. The van der Waals surface area contributed by atoms with E-state index >= 15 is 0 Å². The van der Waals surface area contributed by atoms with E-state index in [9.17, 15) is 9.90 Å². The predicted molar refractivity (Wildman–Crippen MR) is 131 cm³/mol. The van der Waals surface area contributed by atoms with E-state index in [1.165, 1.54) is 6.21 Å². The van der Waals surface area contributed by atoms with E-state index in [2.05, 4.69) is 49.0 Å². The average molecular weight is 595 g/mol. The number of carbonyl (C=O) groups is 1. The van der Waals surface area contributed by atoms with Crippen molar-refractivity contribution >= 4 is 50.6 Å². The van der Waals surface area contributed by atoms with Crippen LogP contribution in [0.25, 0.3) is 0 Å². The molecule has 0 radical (unpaired) electrons. The fourth-order valence-corrected chi connectivity index (χ4v) is 3.75. The van der Waals surface area contributed by atoms with Crippen LogP contribution in [0.3, 0.4) is 0 Å². The number of methoxy groups -OCH3 is 1. The van der Waals surface area contributed by atoms with Crippen LogP contribution in [0.15, 0.2) is 76.3 Å². The molecule has 0 bridgehead atoms. The molecule has 8 heteroatoms. The molecule has 3 aromatic carbocycles. The number of hydrazone groups is 1. The Morgan fingerprint density at radius 1 is 1.19 bits per heavy atom. The van der Waals surface area contributed by atoms with Crippen LogP contribution in [0.1, 0.15) is 22.8 Å².